The van der Waals surface area contributed by atoms with E-state index in [4.69, 9.17) is 5.73 Å². The summed E-state index contributed by atoms with van der Waals surface area (Å²) in [6, 6.07) is 5.38. The normalized spacial score (nSPS) is 11.8. The van der Waals surface area contributed by atoms with Gasteiger partial charge < -0.3 is 15.8 Å². The lowest BCUT2D eigenvalue weighted by molar-refractivity contribution is -0.274. The molecule has 1 heterocycles. The maximum absolute atomic E-state index is 12.2. The van der Waals surface area contributed by atoms with Crippen molar-refractivity contribution in [1.29, 1.82) is 0 Å². The molecule has 0 bridgehead atoms. The Morgan fingerprint density at radius 3 is 2.60 bits per heavy atom. The molecule has 0 fully saturated rings. The summed E-state index contributed by atoms with van der Waals surface area (Å²) in [5.74, 6) is -0.249. The first-order valence-corrected chi connectivity index (χ1v) is 7.07. The molecule has 0 unspecified atom stereocenters. The van der Waals surface area contributed by atoms with Crippen molar-refractivity contribution in [3.63, 3.8) is 0 Å². The zero-order valence-corrected chi connectivity index (χ0v) is 16.2. The van der Waals surface area contributed by atoms with E-state index in [1.165, 1.54) is 18.2 Å². The number of guanidine groups is 1. The molecule has 0 saturated carbocycles. The zero-order valence-electron chi connectivity index (χ0n) is 13.9. The number of aromatic nitrogens is 2. The van der Waals surface area contributed by atoms with E-state index in [0.29, 0.717) is 12.2 Å². The number of hydrogen-bond acceptors (Lipinski definition) is 3. The Labute approximate surface area is 160 Å². The molecule has 1 aromatic heterocycles. The van der Waals surface area contributed by atoms with E-state index in [1.807, 2.05) is 20.9 Å². The van der Waals surface area contributed by atoms with Crippen LogP contribution in [0.15, 0.2) is 29.3 Å². The number of nitrogens with one attached hydrogen (secondary N) is 1. The van der Waals surface area contributed by atoms with Crippen LogP contribution in [0.2, 0.25) is 0 Å². The number of benzene rings is 1. The van der Waals surface area contributed by atoms with Gasteiger partial charge in [0.2, 0.25) is 0 Å². The summed E-state index contributed by atoms with van der Waals surface area (Å²) in [6.07, 6.45) is -4.74. The Balaban J connectivity index is 0.00000312. The minimum absolute atomic E-state index is 0. The molecule has 2 aromatic rings. The summed E-state index contributed by atoms with van der Waals surface area (Å²) in [6.45, 7) is 4.12. The van der Waals surface area contributed by atoms with Crippen LogP contribution < -0.4 is 15.8 Å². The average Bonchev–Trinajstić information content (AvgIpc) is 2.68. The Hall–Kier alpha value is -1.98. The van der Waals surface area contributed by atoms with Gasteiger partial charge in [0.05, 0.1) is 12.2 Å². The number of aliphatic imine (C=N–C) groups is 1. The van der Waals surface area contributed by atoms with E-state index < -0.39 is 6.36 Å². The van der Waals surface area contributed by atoms with Crippen molar-refractivity contribution in [3.05, 3.63) is 41.2 Å². The molecule has 0 aliphatic rings. The third-order valence-corrected chi connectivity index (χ3v) is 3.41. The maximum atomic E-state index is 12.2. The van der Waals surface area contributed by atoms with Crippen LogP contribution in [0, 0.1) is 13.8 Å². The van der Waals surface area contributed by atoms with E-state index in [-0.39, 0.29) is 35.7 Å². The van der Waals surface area contributed by atoms with E-state index in [1.54, 1.807) is 10.7 Å². The lowest BCUT2D eigenvalue weighted by Crippen LogP contribution is -2.23. The van der Waals surface area contributed by atoms with Crippen molar-refractivity contribution >= 4 is 35.6 Å². The number of anilines is 1. The number of ether oxygens (including phenoxy) is 1. The Morgan fingerprint density at radius 2 is 2.04 bits per heavy atom. The fourth-order valence-corrected chi connectivity index (χ4v) is 2.17. The van der Waals surface area contributed by atoms with Crippen LogP contribution in [0.1, 0.15) is 17.0 Å². The molecule has 1 aromatic carbocycles. The smallest absolute Gasteiger partial charge is 0.406 e. The van der Waals surface area contributed by atoms with Gasteiger partial charge in [-0.1, -0.05) is 6.07 Å². The number of alkyl halides is 3. The number of nitrogens with zero attached hydrogens (tertiary/aromatic N) is 3. The minimum Gasteiger partial charge on any atom is -0.406 e. The molecular formula is C15H19F3IN5O. The van der Waals surface area contributed by atoms with Gasteiger partial charge in [0, 0.05) is 30.1 Å². The molecule has 0 amide bonds. The Kier molecular flexibility index (Phi) is 7.08. The first-order valence-electron chi connectivity index (χ1n) is 7.07. The van der Waals surface area contributed by atoms with Gasteiger partial charge >= 0.3 is 6.36 Å². The largest absolute Gasteiger partial charge is 0.573 e. The van der Waals surface area contributed by atoms with Crippen molar-refractivity contribution < 1.29 is 17.9 Å². The number of rotatable bonds is 4. The predicted octanol–water partition coefficient (Wildman–Crippen LogP) is 3.48. The highest BCUT2D eigenvalue weighted by Gasteiger charge is 2.31. The van der Waals surface area contributed by atoms with Gasteiger partial charge in [-0.25, -0.2) is 4.99 Å². The van der Waals surface area contributed by atoms with Gasteiger partial charge in [0.15, 0.2) is 5.96 Å². The second-order valence-corrected chi connectivity index (χ2v) is 5.18. The highest BCUT2D eigenvalue weighted by Crippen LogP contribution is 2.25. The summed E-state index contributed by atoms with van der Waals surface area (Å²) >= 11 is 0. The van der Waals surface area contributed by atoms with Gasteiger partial charge in [0.1, 0.15) is 5.75 Å². The van der Waals surface area contributed by atoms with Crippen molar-refractivity contribution in [1.82, 2.24) is 9.78 Å². The molecule has 0 radical (unpaired) electrons. The second kappa shape index (κ2) is 8.41. The third kappa shape index (κ3) is 6.11. The van der Waals surface area contributed by atoms with Gasteiger partial charge in [0.25, 0.3) is 0 Å². The number of hydrogen-bond donors (Lipinski definition) is 2. The molecular weight excluding hydrogens is 450 g/mol. The lowest BCUT2D eigenvalue weighted by Gasteiger charge is -2.11. The maximum Gasteiger partial charge on any atom is 0.573 e. The van der Waals surface area contributed by atoms with Gasteiger partial charge in [-0.05, 0) is 26.0 Å². The van der Waals surface area contributed by atoms with Crippen LogP contribution in [0.25, 0.3) is 0 Å². The molecule has 25 heavy (non-hydrogen) atoms. The van der Waals surface area contributed by atoms with E-state index >= 15 is 0 Å². The molecule has 3 N–H and O–H groups in total. The Morgan fingerprint density at radius 1 is 1.36 bits per heavy atom. The predicted molar refractivity (Wildman–Crippen MR) is 100 cm³/mol. The van der Waals surface area contributed by atoms with Crippen LogP contribution >= 0.6 is 24.0 Å². The molecule has 0 aliphatic heterocycles. The highest BCUT2D eigenvalue weighted by molar-refractivity contribution is 14.0. The van der Waals surface area contributed by atoms with E-state index in [9.17, 15) is 13.2 Å². The van der Waals surface area contributed by atoms with Gasteiger partial charge in [-0.3, -0.25) is 4.68 Å². The van der Waals surface area contributed by atoms with Crippen molar-refractivity contribution in [3.8, 4) is 5.75 Å². The highest BCUT2D eigenvalue weighted by atomic mass is 127. The standard InChI is InChI=1S/C15H18F3N5O.HI/c1-9-13(10(2)23(3)22-9)8-20-14(19)21-11-5-4-6-12(7-11)24-15(16,17)18;/h4-7H,8H2,1-3H3,(H3,19,20,21);1H. The van der Waals surface area contributed by atoms with Crippen LogP contribution in [0.3, 0.4) is 0 Å². The molecule has 138 valence electrons. The van der Waals surface area contributed by atoms with Gasteiger partial charge in [-0.2, -0.15) is 5.10 Å². The molecule has 0 atom stereocenters. The van der Waals surface area contributed by atoms with E-state index in [2.05, 4.69) is 20.1 Å². The zero-order chi connectivity index (χ0) is 17.9. The lowest BCUT2D eigenvalue weighted by atomic mass is 10.2. The number of aryl methyl sites for hydroxylation is 2. The fraction of sp³-hybridized carbons (Fsp3) is 0.333. The summed E-state index contributed by atoms with van der Waals surface area (Å²) in [4.78, 5) is 4.20. The van der Waals surface area contributed by atoms with Crippen molar-refractivity contribution in [2.75, 3.05) is 5.32 Å². The topological polar surface area (TPSA) is 77.5 Å². The second-order valence-electron chi connectivity index (χ2n) is 5.18. The first-order chi connectivity index (χ1) is 11.2. The van der Waals surface area contributed by atoms with Crippen molar-refractivity contribution in [2.24, 2.45) is 17.8 Å². The molecule has 2 rings (SSSR count). The molecule has 6 nitrogen and oxygen atoms in total. The summed E-state index contributed by atoms with van der Waals surface area (Å²) in [5, 5.41) is 7.02. The molecule has 10 heteroatoms. The average molecular weight is 469 g/mol. The molecule has 0 saturated heterocycles. The Bertz CT molecular complexity index is 758. The van der Waals surface area contributed by atoms with Crippen LogP contribution in [-0.2, 0) is 13.6 Å². The summed E-state index contributed by atoms with van der Waals surface area (Å²) in [5.41, 5.74) is 8.92. The molecule has 0 aliphatic carbocycles. The van der Waals surface area contributed by atoms with Crippen LogP contribution in [0.5, 0.6) is 5.75 Å². The van der Waals surface area contributed by atoms with E-state index in [0.717, 1.165) is 17.0 Å². The first kappa shape index (κ1) is 21.1. The quantitative estimate of drug-likeness (QED) is 0.409. The minimum atomic E-state index is -4.74. The van der Waals surface area contributed by atoms with Crippen molar-refractivity contribution in [2.45, 2.75) is 26.8 Å². The summed E-state index contributed by atoms with van der Waals surface area (Å²) in [7, 11) is 1.84. The SMILES string of the molecule is Cc1nn(C)c(C)c1CN=C(N)Nc1cccc(OC(F)(F)F)c1.I. The summed E-state index contributed by atoms with van der Waals surface area (Å²) < 4.78 is 42.3. The number of nitrogens with two attached hydrogens (primary N) is 1. The van der Waals surface area contributed by atoms with Crippen LogP contribution in [-0.4, -0.2) is 22.1 Å². The number of halogens is 4. The van der Waals surface area contributed by atoms with Gasteiger partial charge in [-0.15, -0.1) is 37.1 Å². The molecule has 0 spiro atoms. The fourth-order valence-electron chi connectivity index (χ4n) is 2.17. The van der Waals surface area contributed by atoms with Crippen LogP contribution in [0.4, 0.5) is 18.9 Å². The monoisotopic (exact) mass is 469 g/mol. The third-order valence-electron chi connectivity index (χ3n) is 3.41.